The molecule has 0 aliphatic heterocycles. The highest BCUT2D eigenvalue weighted by atomic mass is 32.1. The molecule has 1 aliphatic rings. The molecule has 0 saturated heterocycles. The number of rotatable bonds is 5. The van der Waals surface area contributed by atoms with Crippen LogP contribution in [0.15, 0.2) is 53.4 Å². The van der Waals surface area contributed by atoms with Crippen LogP contribution in [0.3, 0.4) is 0 Å². The van der Waals surface area contributed by atoms with Crippen LogP contribution in [0.1, 0.15) is 53.2 Å². The predicted molar refractivity (Wildman–Crippen MR) is 104 cm³/mol. The molecule has 0 bridgehead atoms. The zero-order valence-corrected chi connectivity index (χ0v) is 16.3. The Labute approximate surface area is 171 Å². The van der Waals surface area contributed by atoms with E-state index in [4.69, 9.17) is 0 Å². The van der Waals surface area contributed by atoms with Crippen molar-refractivity contribution in [1.29, 1.82) is 0 Å². The van der Waals surface area contributed by atoms with Gasteiger partial charge in [0.25, 0.3) is 5.91 Å². The number of hydrogen-bond donors (Lipinski definition) is 2. The SMILES string of the molecule is O=C(O)[C@H](c1ccccc1)N(C(=O)c1cc(C(F)(F)F)ccc1S)C1CCCC1. The van der Waals surface area contributed by atoms with E-state index in [1.807, 2.05) is 0 Å². The van der Waals surface area contributed by atoms with Crippen LogP contribution < -0.4 is 0 Å². The molecule has 1 N–H and O–H groups in total. The minimum absolute atomic E-state index is 0.0724. The van der Waals surface area contributed by atoms with Gasteiger partial charge in [-0.2, -0.15) is 13.2 Å². The molecule has 0 heterocycles. The third-order valence-corrected chi connectivity index (χ3v) is 5.52. The Hall–Kier alpha value is -2.48. The highest BCUT2D eigenvalue weighted by molar-refractivity contribution is 7.80. The van der Waals surface area contributed by atoms with Crippen molar-refractivity contribution >= 4 is 24.5 Å². The van der Waals surface area contributed by atoms with Gasteiger partial charge in [0, 0.05) is 10.9 Å². The van der Waals surface area contributed by atoms with E-state index in [2.05, 4.69) is 12.6 Å². The van der Waals surface area contributed by atoms with E-state index in [9.17, 15) is 27.9 Å². The van der Waals surface area contributed by atoms with Crippen molar-refractivity contribution < 1.29 is 27.9 Å². The largest absolute Gasteiger partial charge is 0.479 e. The topological polar surface area (TPSA) is 57.6 Å². The van der Waals surface area contributed by atoms with Gasteiger partial charge in [0.15, 0.2) is 6.04 Å². The lowest BCUT2D eigenvalue weighted by Crippen LogP contribution is -2.45. The fourth-order valence-electron chi connectivity index (χ4n) is 3.76. The van der Waals surface area contributed by atoms with Crippen LogP contribution in [-0.2, 0) is 11.0 Å². The van der Waals surface area contributed by atoms with Crippen molar-refractivity contribution in [1.82, 2.24) is 4.90 Å². The van der Waals surface area contributed by atoms with E-state index in [0.717, 1.165) is 31.0 Å². The lowest BCUT2D eigenvalue weighted by molar-refractivity contribution is -0.143. The third-order valence-electron chi connectivity index (χ3n) is 5.13. The smallest absolute Gasteiger partial charge is 0.416 e. The van der Waals surface area contributed by atoms with Crippen LogP contribution in [0.25, 0.3) is 0 Å². The maximum absolute atomic E-state index is 13.4. The van der Waals surface area contributed by atoms with Crippen molar-refractivity contribution in [2.75, 3.05) is 0 Å². The first kappa shape index (κ1) is 21.2. The second-order valence-electron chi connectivity index (χ2n) is 7.03. The number of halogens is 3. The van der Waals surface area contributed by atoms with Gasteiger partial charge < -0.3 is 10.0 Å². The number of carbonyl (C=O) groups is 2. The molecule has 0 radical (unpaired) electrons. The number of carbonyl (C=O) groups excluding carboxylic acids is 1. The monoisotopic (exact) mass is 423 g/mol. The van der Waals surface area contributed by atoms with Crippen molar-refractivity contribution in [3.63, 3.8) is 0 Å². The second kappa shape index (κ2) is 8.49. The average Bonchev–Trinajstić information content (AvgIpc) is 3.19. The van der Waals surface area contributed by atoms with Gasteiger partial charge in [-0.25, -0.2) is 4.79 Å². The zero-order chi connectivity index (χ0) is 21.2. The Kier molecular flexibility index (Phi) is 6.21. The molecular formula is C21H20F3NO3S. The molecule has 154 valence electrons. The number of carboxylic acids is 1. The summed E-state index contributed by atoms with van der Waals surface area (Å²) in [5.41, 5.74) is -0.832. The van der Waals surface area contributed by atoms with Crippen LogP contribution in [0.2, 0.25) is 0 Å². The molecule has 0 aromatic heterocycles. The van der Waals surface area contributed by atoms with Crippen molar-refractivity contribution in [2.24, 2.45) is 0 Å². The van der Waals surface area contributed by atoms with E-state index < -0.39 is 29.7 Å². The second-order valence-corrected chi connectivity index (χ2v) is 7.51. The molecule has 4 nitrogen and oxygen atoms in total. The summed E-state index contributed by atoms with van der Waals surface area (Å²) >= 11 is 4.16. The Morgan fingerprint density at radius 2 is 1.69 bits per heavy atom. The molecule has 1 saturated carbocycles. The molecule has 3 rings (SSSR count). The Morgan fingerprint density at radius 1 is 1.07 bits per heavy atom. The number of thiol groups is 1. The Morgan fingerprint density at radius 3 is 2.24 bits per heavy atom. The first-order chi connectivity index (χ1) is 13.7. The molecule has 1 aliphatic carbocycles. The van der Waals surface area contributed by atoms with Gasteiger partial charge in [0.1, 0.15) is 0 Å². The molecular weight excluding hydrogens is 403 g/mol. The summed E-state index contributed by atoms with van der Waals surface area (Å²) in [6.45, 7) is 0. The van der Waals surface area contributed by atoms with Gasteiger partial charge in [0.05, 0.1) is 11.1 Å². The molecule has 0 unspecified atom stereocenters. The van der Waals surface area contributed by atoms with E-state index >= 15 is 0 Å². The average molecular weight is 423 g/mol. The highest BCUT2D eigenvalue weighted by Gasteiger charge is 2.39. The van der Waals surface area contributed by atoms with Crippen LogP contribution in [-0.4, -0.2) is 27.9 Å². The summed E-state index contributed by atoms with van der Waals surface area (Å²) in [7, 11) is 0. The predicted octanol–water partition coefficient (Wildman–Crippen LogP) is 5.20. The van der Waals surface area contributed by atoms with E-state index in [-0.39, 0.29) is 16.5 Å². The van der Waals surface area contributed by atoms with Gasteiger partial charge in [0.2, 0.25) is 0 Å². The van der Waals surface area contributed by atoms with Crippen molar-refractivity contribution in [3.05, 3.63) is 65.2 Å². The lowest BCUT2D eigenvalue weighted by atomic mass is 10.00. The summed E-state index contributed by atoms with van der Waals surface area (Å²) < 4.78 is 39.5. The maximum Gasteiger partial charge on any atom is 0.416 e. The molecule has 1 fully saturated rings. The van der Waals surface area contributed by atoms with Gasteiger partial charge in [-0.1, -0.05) is 43.2 Å². The number of carboxylic acid groups (broad SMARTS) is 1. The summed E-state index contributed by atoms with van der Waals surface area (Å²) in [6.07, 6.45) is -1.77. The number of alkyl halides is 3. The number of hydrogen-bond acceptors (Lipinski definition) is 3. The molecule has 2 aromatic carbocycles. The molecule has 8 heteroatoms. The number of amides is 1. The molecule has 0 spiro atoms. The van der Waals surface area contributed by atoms with Gasteiger partial charge >= 0.3 is 12.1 Å². The molecule has 2 aromatic rings. The van der Waals surface area contributed by atoms with Crippen LogP contribution >= 0.6 is 12.6 Å². The minimum Gasteiger partial charge on any atom is -0.479 e. The molecule has 1 atom stereocenters. The summed E-state index contributed by atoms with van der Waals surface area (Å²) in [5.74, 6) is -1.99. The highest BCUT2D eigenvalue weighted by Crippen LogP contribution is 2.36. The quantitative estimate of drug-likeness (QED) is 0.650. The van der Waals surface area contributed by atoms with Gasteiger partial charge in [-0.3, -0.25) is 4.79 Å². The van der Waals surface area contributed by atoms with E-state index in [0.29, 0.717) is 18.4 Å². The zero-order valence-electron chi connectivity index (χ0n) is 15.4. The van der Waals surface area contributed by atoms with Crippen LogP contribution in [0.5, 0.6) is 0 Å². The summed E-state index contributed by atoms with van der Waals surface area (Å²) in [4.78, 5) is 26.8. The van der Waals surface area contributed by atoms with Crippen molar-refractivity contribution in [3.8, 4) is 0 Å². The number of benzene rings is 2. The summed E-state index contributed by atoms with van der Waals surface area (Å²) in [6, 6.07) is 9.30. The minimum atomic E-state index is -4.62. The van der Waals surface area contributed by atoms with Crippen molar-refractivity contribution in [2.45, 2.75) is 48.8 Å². The first-order valence-corrected chi connectivity index (χ1v) is 9.65. The molecule has 29 heavy (non-hydrogen) atoms. The maximum atomic E-state index is 13.4. The Balaban J connectivity index is 2.10. The number of nitrogens with zero attached hydrogens (tertiary/aromatic N) is 1. The van der Waals surface area contributed by atoms with E-state index in [1.165, 1.54) is 4.90 Å². The van der Waals surface area contributed by atoms with Gasteiger partial charge in [-0.05, 0) is 36.6 Å². The van der Waals surface area contributed by atoms with Crippen LogP contribution in [0, 0.1) is 0 Å². The van der Waals surface area contributed by atoms with Gasteiger partial charge in [-0.15, -0.1) is 12.6 Å². The standard InChI is InChI=1S/C21H20F3NO3S/c22-21(23,24)14-10-11-17(29)16(12-14)19(26)25(15-8-4-5-9-15)18(20(27)28)13-6-2-1-3-7-13/h1-3,6-7,10-12,15,18,29H,4-5,8-9H2,(H,27,28)/t18-/m0/s1. The fourth-order valence-corrected chi connectivity index (χ4v) is 3.99. The van der Waals surface area contributed by atoms with Crippen LogP contribution in [0.4, 0.5) is 13.2 Å². The third kappa shape index (κ3) is 4.58. The normalized spacial score (nSPS) is 15.9. The lowest BCUT2D eigenvalue weighted by Gasteiger charge is -2.35. The number of aliphatic carboxylic acids is 1. The van der Waals surface area contributed by atoms with E-state index in [1.54, 1.807) is 30.3 Å². The first-order valence-electron chi connectivity index (χ1n) is 9.20. The fraction of sp³-hybridized carbons (Fsp3) is 0.333. The summed E-state index contributed by atoms with van der Waals surface area (Å²) in [5, 5.41) is 9.91. The Bertz CT molecular complexity index is 896. The molecule has 1 amide bonds.